The molecule has 0 unspecified atom stereocenters. The van der Waals surface area contributed by atoms with E-state index in [4.69, 9.17) is 0 Å². The average molecular weight is 162 g/mol. The molecule has 0 aromatic carbocycles. The zero-order valence-corrected chi connectivity index (χ0v) is 9.78. The van der Waals surface area contributed by atoms with E-state index < -0.39 is 0 Å². The van der Waals surface area contributed by atoms with Gasteiger partial charge in [-0.25, -0.2) is 0 Å². The van der Waals surface area contributed by atoms with E-state index in [9.17, 15) is 0 Å². The standard InChI is InChI=1S/3Mg.Y. The molecule has 4 heavy (non-hydrogen) atoms. The molecule has 0 N–H and O–H groups in total. The van der Waals surface area contributed by atoms with Gasteiger partial charge in [0.15, 0.2) is 0 Å². The van der Waals surface area contributed by atoms with Crippen LogP contribution in [0.15, 0.2) is 0 Å². The van der Waals surface area contributed by atoms with Gasteiger partial charge in [0.1, 0.15) is 0 Å². The number of hydrogen-bond acceptors (Lipinski definition) is 0. The maximum absolute atomic E-state index is 0. The first-order valence-corrected chi connectivity index (χ1v) is 0. The van der Waals surface area contributed by atoms with Gasteiger partial charge < -0.3 is 0 Å². The third-order valence-corrected chi connectivity index (χ3v) is 0. The molecule has 0 nitrogen and oxygen atoms in total. The third-order valence-electron chi connectivity index (χ3n) is 0. The maximum atomic E-state index is 0. The van der Waals surface area contributed by atoms with Crippen LogP contribution in [0.5, 0.6) is 0 Å². The Morgan fingerprint density at radius 3 is 0.500 bits per heavy atom. The Morgan fingerprint density at radius 2 is 0.500 bits per heavy atom. The third kappa shape index (κ3) is 9.04. The van der Waals surface area contributed by atoms with Gasteiger partial charge in [-0.15, -0.1) is 0 Å². The van der Waals surface area contributed by atoms with Gasteiger partial charge in [0.25, 0.3) is 0 Å². The zero-order chi connectivity index (χ0) is 0. The van der Waals surface area contributed by atoms with E-state index in [1.807, 2.05) is 0 Å². The van der Waals surface area contributed by atoms with Crippen molar-refractivity contribution >= 4 is 69.2 Å². The Balaban J connectivity index is 0. The molecule has 0 heterocycles. The first-order valence-electron chi connectivity index (χ1n) is 0. The minimum absolute atomic E-state index is 0. The molecule has 0 bridgehead atoms. The maximum Gasteiger partial charge on any atom is 0 e. The molecule has 7 radical (unpaired) electrons. The Labute approximate surface area is 99.6 Å². The first kappa shape index (κ1) is 26.2. The van der Waals surface area contributed by atoms with Crippen molar-refractivity contribution in [3.63, 3.8) is 0 Å². The largest absolute Gasteiger partial charge is 0 e. The minimum Gasteiger partial charge on any atom is 0 e. The van der Waals surface area contributed by atoms with Gasteiger partial charge in [-0.2, -0.15) is 0 Å². The minimum atomic E-state index is 0. The van der Waals surface area contributed by atoms with Crippen molar-refractivity contribution in [2.24, 2.45) is 0 Å². The molecule has 0 atom stereocenters. The molecule has 0 aliphatic heterocycles. The van der Waals surface area contributed by atoms with Crippen LogP contribution < -0.4 is 0 Å². The SMILES string of the molecule is [Mg].[Mg].[Mg].[Y]. The molecule has 0 aromatic rings. The van der Waals surface area contributed by atoms with Crippen LogP contribution in [-0.4, -0.2) is 69.2 Å². The molecule has 0 fully saturated rings. The molecule has 0 aromatic heterocycles. The van der Waals surface area contributed by atoms with Crippen molar-refractivity contribution in [2.75, 3.05) is 0 Å². The summed E-state index contributed by atoms with van der Waals surface area (Å²) < 4.78 is 0. The van der Waals surface area contributed by atoms with Gasteiger partial charge in [0, 0.05) is 102 Å². The van der Waals surface area contributed by atoms with Crippen LogP contribution >= 0.6 is 0 Å². The van der Waals surface area contributed by atoms with Crippen LogP contribution in [0.25, 0.3) is 0 Å². The molecular formula is Mg3Y. The summed E-state index contributed by atoms with van der Waals surface area (Å²) in [5.41, 5.74) is 0. The van der Waals surface area contributed by atoms with Crippen molar-refractivity contribution in [3.05, 3.63) is 0 Å². The Kier molecular flexibility index (Phi) is 106. The van der Waals surface area contributed by atoms with Gasteiger partial charge in [-0.3, -0.25) is 0 Å². The van der Waals surface area contributed by atoms with E-state index in [0.29, 0.717) is 0 Å². The molecule has 4 heteroatoms. The molecule has 0 spiro atoms. The first-order chi connectivity index (χ1) is 0. The van der Waals surface area contributed by atoms with E-state index in [-0.39, 0.29) is 102 Å². The Hall–Kier alpha value is 3.40. The van der Waals surface area contributed by atoms with E-state index in [1.165, 1.54) is 0 Å². The van der Waals surface area contributed by atoms with Crippen molar-refractivity contribution < 1.29 is 32.7 Å². The fourth-order valence-corrected chi connectivity index (χ4v) is 0. The topological polar surface area (TPSA) is 0 Å². The van der Waals surface area contributed by atoms with Crippen molar-refractivity contribution in [1.29, 1.82) is 0 Å². The van der Waals surface area contributed by atoms with Gasteiger partial charge in [-0.05, 0) is 0 Å². The monoisotopic (exact) mass is 161 g/mol. The van der Waals surface area contributed by atoms with Gasteiger partial charge in [0.2, 0.25) is 0 Å². The smallest absolute Gasteiger partial charge is 0 e. The van der Waals surface area contributed by atoms with E-state index in [2.05, 4.69) is 0 Å². The van der Waals surface area contributed by atoms with Crippen molar-refractivity contribution in [2.45, 2.75) is 0 Å². The van der Waals surface area contributed by atoms with Crippen molar-refractivity contribution in [1.82, 2.24) is 0 Å². The van der Waals surface area contributed by atoms with Gasteiger partial charge in [-0.1, -0.05) is 0 Å². The van der Waals surface area contributed by atoms with E-state index >= 15 is 0 Å². The second-order valence-corrected chi connectivity index (χ2v) is 0. The predicted octanol–water partition coefficient (Wildman–Crippen LogP) is -1.14. The summed E-state index contributed by atoms with van der Waals surface area (Å²) in [6.45, 7) is 0. The molecule has 0 rings (SSSR count). The Morgan fingerprint density at radius 1 is 0.500 bits per heavy atom. The van der Waals surface area contributed by atoms with Crippen LogP contribution in [0.3, 0.4) is 0 Å². The predicted molar refractivity (Wildman–Crippen MR) is 17.3 cm³/mol. The fraction of sp³-hybridized carbons (Fsp3) is 0. The van der Waals surface area contributed by atoms with E-state index in [0.717, 1.165) is 0 Å². The molecule has 0 saturated carbocycles. The number of rotatable bonds is 0. The summed E-state index contributed by atoms with van der Waals surface area (Å²) in [6.07, 6.45) is 0. The fourth-order valence-electron chi connectivity index (χ4n) is 0. The van der Waals surface area contributed by atoms with Crippen LogP contribution in [0.4, 0.5) is 0 Å². The molecular weight excluding hydrogens is 162 g/mol. The summed E-state index contributed by atoms with van der Waals surface area (Å²) in [6, 6.07) is 0. The zero-order valence-electron chi connectivity index (χ0n) is 2.70. The molecule has 0 aliphatic carbocycles. The molecule has 0 aliphatic rings. The average Bonchev–Trinajstić information content (AvgIpc) is 0. The summed E-state index contributed by atoms with van der Waals surface area (Å²) in [5, 5.41) is 0. The summed E-state index contributed by atoms with van der Waals surface area (Å²) in [5.74, 6) is 0. The number of hydrogen-bond donors (Lipinski definition) is 0. The summed E-state index contributed by atoms with van der Waals surface area (Å²) in [7, 11) is 0. The van der Waals surface area contributed by atoms with Crippen LogP contribution in [0, 0.1) is 0 Å². The normalized spacial score (nSPS) is 0. The van der Waals surface area contributed by atoms with Gasteiger partial charge >= 0.3 is 0 Å². The Bertz CT molecular complexity index is 3.25. The summed E-state index contributed by atoms with van der Waals surface area (Å²) in [4.78, 5) is 0. The van der Waals surface area contributed by atoms with Crippen molar-refractivity contribution in [3.8, 4) is 0 Å². The molecule has 0 saturated heterocycles. The summed E-state index contributed by atoms with van der Waals surface area (Å²) >= 11 is 0. The second-order valence-electron chi connectivity index (χ2n) is 0. The van der Waals surface area contributed by atoms with Crippen LogP contribution in [0.1, 0.15) is 0 Å². The van der Waals surface area contributed by atoms with Gasteiger partial charge in [0.05, 0.1) is 0 Å². The molecule has 0 amide bonds. The quantitative estimate of drug-likeness (QED) is 0.394. The molecule has 9 valence electrons. The second kappa shape index (κ2) is 16.1. The van der Waals surface area contributed by atoms with Crippen LogP contribution in [-0.2, 0) is 32.7 Å². The van der Waals surface area contributed by atoms with E-state index in [1.54, 1.807) is 0 Å². The van der Waals surface area contributed by atoms with Crippen LogP contribution in [0.2, 0.25) is 0 Å².